The summed E-state index contributed by atoms with van der Waals surface area (Å²) in [5.41, 5.74) is 2.95. The van der Waals surface area contributed by atoms with Gasteiger partial charge in [0.25, 0.3) is 5.91 Å². The quantitative estimate of drug-likeness (QED) is 0.872. The van der Waals surface area contributed by atoms with Crippen LogP contribution in [0.1, 0.15) is 33.9 Å². The van der Waals surface area contributed by atoms with Crippen molar-refractivity contribution in [2.45, 2.75) is 26.3 Å². The average Bonchev–Trinajstić information content (AvgIpc) is 3.33. The van der Waals surface area contributed by atoms with E-state index in [1.807, 2.05) is 31.3 Å². The minimum atomic E-state index is -0.0265. The predicted molar refractivity (Wildman–Crippen MR) is 94.7 cm³/mol. The first-order valence-corrected chi connectivity index (χ1v) is 8.95. The molecule has 1 aromatic heterocycles. The maximum atomic E-state index is 12.5. The van der Waals surface area contributed by atoms with Crippen molar-refractivity contribution in [3.8, 4) is 5.75 Å². The van der Waals surface area contributed by atoms with Crippen LogP contribution in [0.4, 0.5) is 0 Å². The number of benzene rings is 1. The molecule has 1 saturated heterocycles. The molecule has 4 rings (SSSR count). The van der Waals surface area contributed by atoms with Crippen molar-refractivity contribution in [2.24, 2.45) is 5.92 Å². The number of H-pyrrole nitrogens is 1. The maximum absolute atomic E-state index is 12.5. The molecular weight excluding hydrogens is 316 g/mol. The smallest absolute Gasteiger partial charge is 0.255 e. The SMILES string of the molecule is Cc1ncc(CN2CC[C@@H](CNC(=O)c3cccc4c3OCC4)C2)[nH]1. The largest absolute Gasteiger partial charge is 0.492 e. The molecule has 1 fully saturated rings. The summed E-state index contributed by atoms with van der Waals surface area (Å²) in [6, 6.07) is 5.82. The van der Waals surface area contributed by atoms with E-state index >= 15 is 0 Å². The van der Waals surface area contributed by atoms with Crippen molar-refractivity contribution in [3.63, 3.8) is 0 Å². The molecule has 132 valence electrons. The Morgan fingerprint density at radius 1 is 1.48 bits per heavy atom. The summed E-state index contributed by atoms with van der Waals surface area (Å²) >= 11 is 0. The van der Waals surface area contributed by atoms with Crippen LogP contribution in [0, 0.1) is 12.8 Å². The number of nitrogens with one attached hydrogen (secondary N) is 2. The predicted octanol–water partition coefficient (Wildman–Crippen LogP) is 1.90. The number of rotatable bonds is 5. The van der Waals surface area contributed by atoms with Gasteiger partial charge in [-0.15, -0.1) is 0 Å². The Hall–Kier alpha value is -2.34. The average molecular weight is 340 g/mol. The molecule has 3 heterocycles. The topological polar surface area (TPSA) is 70.2 Å². The van der Waals surface area contributed by atoms with Crippen LogP contribution in [-0.2, 0) is 13.0 Å². The number of fused-ring (bicyclic) bond motifs is 1. The number of carbonyl (C=O) groups is 1. The summed E-state index contributed by atoms with van der Waals surface area (Å²) < 4.78 is 5.63. The normalized spacial score (nSPS) is 19.6. The molecule has 6 nitrogen and oxygen atoms in total. The molecule has 0 bridgehead atoms. The fourth-order valence-electron chi connectivity index (χ4n) is 3.74. The lowest BCUT2D eigenvalue weighted by atomic mass is 10.1. The van der Waals surface area contributed by atoms with Gasteiger partial charge in [0.2, 0.25) is 0 Å². The van der Waals surface area contributed by atoms with Crippen LogP contribution in [0.2, 0.25) is 0 Å². The van der Waals surface area contributed by atoms with Gasteiger partial charge in [-0.1, -0.05) is 12.1 Å². The number of aromatic nitrogens is 2. The van der Waals surface area contributed by atoms with Crippen LogP contribution in [0.5, 0.6) is 5.75 Å². The molecular formula is C19H24N4O2. The van der Waals surface area contributed by atoms with Crippen molar-refractivity contribution in [2.75, 3.05) is 26.2 Å². The first-order valence-electron chi connectivity index (χ1n) is 8.95. The van der Waals surface area contributed by atoms with Crippen molar-refractivity contribution in [1.82, 2.24) is 20.2 Å². The monoisotopic (exact) mass is 340 g/mol. The Labute approximate surface area is 147 Å². The molecule has 2 aliphatic heterocycles. The lowest BCUT2D eigenvalue weighted by Gasteiger charge is -2.15. The fraction of sp³-hybridized carbons (Fsp3) is 0.474. The number of likely N-dealkylation sites (tertiary alicyclic amines) is 1. The number of aryl methyl sites for hydroxylation is 1. The van der Waals surface area contributed by atoms with Crippen LogP contribution in [0.3, 0.4) is 0 Å². The van der Waals surface area contributed by atoms with Crippen molar-refractivity contribution >= 4 is 5.91 Å². The molecule has 2 N–H and O–H groups in total. The van der Waals surface area contributed by atoms with Crippen LogP contribution in [-0.4, -0.2) is 47.0 Å². The van der Waals surface area contributed by atoms with E-state index in [-0.39, 0.29) is 5.91 Å². The lowest BCUT2D eigenvalue weighted by molar-refractivity contribution is 0.0944. The zero-order valence-electron chi connectivity index (χ0n) is 14.5. The van der Waals surface area contributed by atoms with Gasteiger partial charge in [0, 0.05) is 37.9 Å². The number of hydrogen-bond acceptors (Lipinski definition) is 4. The number of aromatic amines is 1. The van der Waals surface area contributed by atoms with E-state index < -0.39 is 0 Å². The lowest BCUT2D eigenvalue weighted by Crippen LogP contribution is -2.31. The number of imidazole rings is 1. The summed E-state index contributed by atoms with van der Waals surface area (Å²) in [5, 5.41) is 3.09. The highest BCUT2D eigenvalue weighted by molar-refractivity contribution is 5.97. The zero-order valence-corrected chi connectivity index (χ0v) is 14.5. The molecule has 1 aromatic carbocycles. The second-order valence-electron chi connectivity index (χ2n) is 6.99. The maximum Gasteiger partial charge on any atom is 0.255 e. The third kappa shape index (κ3) is 3.54. The van der Waals surface area contributed by atoms with Crippen molar-refractivity contribution in [3.05, 3.63) is 47.0 Å². The van der Waals surface area contributed by atoms with E-state index in [1.165, 1.54) is 0 Å². The molecule has 2 aliphatic rings. The number of amides is 1. The van der Waals surface area contributed by atoms with Gasteiger partial charge in [0.05, 0.1) is 12.2 Å². The highest BCUT2D eigenvalue weighted by Crippen LogP contribution is 2.29. The zero-order chi connectivity index (χ0) is 17.2. The van der Waals surface area contributed by atoms with E-state index in [0.29, 0.717) is 24.6 Å². The van der Waals surface area contributed by atoms with Gasteiger partial charge in [0.15, 0.2) is 0 Å². The van der Waals surface area contributed by atoms with E-state index in [2.05, 4.69) is 20.2 Å². The highest BCUT2D eigenvalue weighted by atomic mass is 16.5. The number of para-hydroxylation sites is 1. The van der Waals surface area contributed by atoms with E-state index in [0.717, 1.165) is 55.3 Å². The molecule has 0 spiro atoms. The molecule has 0 saturated carbocycles. The van der Waals surface area contributed by atoms with Crippen LogP contribution in [0.25, 0.3) is 0 Å². The van der Waals surface area contributed by atoms with E-state index in [1.54, 1.807) is 0 Å². The molecule has 6 heteroatoms. The first kappa shape index (κ1) is 16.1. The van der Waals surface area contributed by atoms with E-state index in [9.17, 15) is 4.79 Å². The van der Waals surface area contributed by atoms with Gasteiger partial charge < -0.3 is 15.0 Å². The standard InChI is InChI=1S/C19H24N4O2/c1-13-20-10-16(22-13)12-23-7-5-14(11-23)9-21-19(24)17-4-2-3-15-6-8-25-18(15)17/h2-4,10,14H,5-9,11-12H2,1H3,(H,20,22)(H,21,24)/t14-/m0/s1. The summed E-state index contributed by atoms with van der Waals surface area (Å²) in [6.07, 6.45) is 3.90. The molecule has 1 atom stereocenters. The number of nitrogens with zero attached hydrogens (tertiary/aromatic N) is 2. The Bertz CT molecular complexity index is 771. The van der Waals surface area contributed by atoms with E-state index in [4.69, 9.17) is 4.74 Å². The van der Waals surface area contributed by atoms with Gasteiger partial charge in [-0.25, -0.2) is 4.98 Å². The molecule has 0 aliphatic carbocycles. The molecule has 1 amide bonds. The first-order chi connectivity index (χ1) is 12.2. The number of ether oxygens (including phenoxy) is 1. The van der Waals surface area contributed by atoms with Crippen LogP contribution in [0.15, 0.2) is 24.4 Å². The minimum Gasteiger partial charge on any atom is -0.492 e. The van der Waals surface area contributed by atoms with Crippen LogP contribution < -0.4 is 10.1 Å². The minimum absolute atomic E-state index is 0.0265. The fourth-order valence-corrected chi connectivity index (χ4v) is 3.74. The summed E-state index contributed by atoms with van der Waals surface area (Å²) in [6.45, 7) is 6.30. The third-order valence-corrected chi connectivity index (χ3v) is 5.03. The summed E-state index contributed by atoms with van der Waals surface area (Å²) in [5.74, 6) is 2.19. The van der Waals surface area contributed by atoms with Gasteiger partial charge in [-0.3, -0.25) is 9.69 Å². The summed E-state index contributed by atoms with van der Waals surface area (Å²) in [7, 11) is 0. The Balaban J connectivity index is 1.29. The van der Waals surface area contributed by atoms with Gasteiger partial charge >= 0.3 is 0 Å². The number of carbonyl (C=O) groups excluding carboxylic acids is 1. The van der Waals surface area contributed by atoms with Gasteiger partial charge in [0.1, 0.15) is 11.6 Å². The molecule has 0 radical (unpaired) electrons. The second kappa shape index (κ2) is 6.88. The highest BCUT2D eigenvalue weighted by Gasteiger charge is 2.25. The second-order valence-corrected chi connectivity index (χ2v) is 6.99. The molecule has 0 unspecified atom stereocenters. The Morgan fingerprint density at radius 2 is 2.40 bits per heavy atom. The Morgan fingerprint density at radius 3 is 3.24 bits per heavy atom. The molecule has 2 aromatic rings. The van der Waals surface area contributed by atoms with Gasteiger partial charge in [-0.2, -0.15) is 0 Å². The molecule has 25 heavy (non-hydrogen) atoms. The summed E-state index contributed by atoms with van der Waals surface area (Å²) in [4.78, 5) is 22.5. The third-order valence-electron chi connectivity index (χ3n) is 5.03. The van der Waals surface area contributed by atoms with Crippen molar-refractivity contribution in [1.29, 1.82) is 0 Å². The van der Waals surface area contributed by atoms with Crippen molar-refractivity contribution < 1.29 is 9.53 Å². The Kier molecular flexibility index (Phi) is 4.44. The van der Waals surface area contributed by atoms with Crippen LogP contribution >= 0.6 is 0 Å². The number of hydrogen-bond donors (Lipinski definition) is 2. The van der Waals surface area contributed by atoms with Gasteiger partial charge in [-0.05, 0) is 37.4 Å².